The van der Waals surface area contributed by atoms with Gasteiger partial charge in [0.2, 0.25) is 0 Å². The third-order valence-electron chi connectivity index (χ3n) is 4.09. The van der Waals surface area contributed by atoms with E-state index in [9.17, 15) is 0 Å². The SMILES string of the molecule is CC(C)(C)[Si](C)(C)OC(CCBr)c1cc(Cl)c(N)c(Cl)c1. The van der Waals surface area contributed by atoms with E-state index in [0.717, 1.165) is 17.3 Å². The second-order valence-electron chi connectivity index (χ2n) is 6.74. The molecule has 1 aromatic rings. The summed E-state index contributed by atoms with van der Waals surface area (Å²) in [6.45, 7) is 11.2. The average Bonchev–Trinajstić information content (AvgIpc) is 2.33. The normalized spacial score (nSPS) is 14.3. The van der Waals surface area contributed by atoms with Gasteiger partial charge in [-0.05, 0) is 42.2 Å². The first-order valence-corrected chi connectivity index (χ1v) is 11.8. The first-order valence-electron chi connectivity index (χ1n) is 6.98. The standard InChI is InChI=1S/C15H24BrCl2NOSi/c1-15(2,3)21(4,5)20-13(6-7-16)10-8-11(17)14(19)12(18)9-10/h8-9,13H,6-7,19H2,1-5H3. The monoisotopic (exact) mass is 411 g/mol. The quantitative estimate of drug-likeness (QED) is 0.343. The van der Waals surface area contributed by atoms with Gasteiger partial charge in [0.25, 0.3) is 0 Å². The van der Waals surface area contributed by atoms with Gasteiger partial charge in [0.05, 0.1) is 21.8 Å². The molecule has 0 saturated heterocycles. The van der Waals surface area contributed by atoms with E-state index in [4.69, 9.17) is 33.4 Å². The van der Waals surface area contributed by atoms with Crippen molar-refractivity contribution in [2.45, 2.75) is 51.4 Å². The molecule has 0 radical (unpaired) electrons. The number of nitrogens with two attached hydrogens (primary N) is 1. The largest absolute Gasteiger partial charge is 0.410 e. The van der Waals surface area contributed by atoms with Gasteiger partial charge in [-0.15, -0.1) is 0 Å². The fraction of sp³-hybridized carbons (Fsp3) is 0.600. The maximum absolute atomic E-state index is 6.53. The van der Waals surface area contributed by atoms with Crippen LogP contribution in [0.2, 0.25) is 28.2 Å². The number of hydrogen-bond donors (Lipinski definition) is 1. The van der Waals surface area contributed by atoms with Gasteiger partial charge in [-0.1, -0.05) is 59.9 Å². The van der Waals surface area contributed by atoms with E-state index in [1.807, 2.05) is 12.1 Å². The number of nitrogen functional groups attached to an aromatic ring is 1. The molecule has 1 atom stereocenters. The van der Waals surface area contributed by atoms with Gasteiger partial charge in [0.15, 0.2) is 8.32 Å². The zero-order chi connectivity index (χ0) is 16.4. The van der Waals surface area contributed by atoms with Crippen LogP contribution in [0.3, 0.4) is 0 Å². The van der Waals surface area contributed by atoms with Crippen LogP contribution in [0, 0.1) is 0 Å². The molecule has 1 rings (SSSR count). The summed E-state index contributed by atoms with van der Waals surface area (Å²) >= 11 is 15.8. The third kappa shape index (κ3) is 4.86. The molecule has 0 heterocycles. The summed E-state index contributed by atoms with van der Waals surface area (Å²) in [5.74, 6) is 0. The number of rotatable bonds is 5. The van der Waals surface area contributed by atoms with Crippen LogP contribution in [-0.4, -0.2) is 13.6 Å². The lowest BCUT2D eigenvalue weighted by atomic mass is 10.1. The zero-order valence-corrected chi connectivity index (χ0v) is 17.4. The number of halogens is 3. The predicted octanol–water partition coefficient (Wildman–Crippen LogP) is 6.42. The van der Waals surface area contributed by atoms with Crippen LogP contribution in [0.1, 0.15) is 38.9 Å². The van der Waals surface area contributed by atoms with Gasteiger partial charge in [0, 0.05) is 5.33 Å². The van der Waals surface area contributed by atoms with Gasteiger partial charge in [-0.2, -0.15) is 0 Å². The molecule has 120 valence electrons. The van der Waals surface area contributed by atoms with Crippen LogP contribution in [0.4, 0.5) is 5.69 Å². The molecule has 0 aromatic heterocycles. The summed E-state index contributed by atoms with van der Waals surface area (Å²) in [4.78, 5) is 0. The van der Waals surface area contributed by atoms with Crippen LogP contribution in [0.15, 0.2) is 12.1 Å². The van der Waals surface area contributed by atoms with Crippen molar-refractivity contribution in [2.24, 2.45) is 0 Å². The zero-order valence-electron chi connectivity index (χ0n) is 13.3. The van der Waals surface area contributed by atoms with Gasteiger partial charge >= 0.3 is 0 Å². The molecule has 0 spiro atoms. The second-order valence-corrected chi connectivity index (χ2v) is 13.1. The van der Waals surface area contributed by atoms with Gasteiger partial charge in [-0.25, -0.2) is 0 Å². The minimum absolute atomic E-state index is 0.0270. The highest BCUT2D eigenvalue weighted by Gasteiger charge is 2.39. The topological polar surface area (TPSA) is 35.2 Å². The Labute approximate surface area is 147 Å². The molecule has 6 heteroatoms. The highest BCUT2D eigenvalue weighted by Crippen LogP contribution is 2.42. The Bertz CT molecular complexity index is 480. The van der Waals surface area contributed by atoms with Gasteiger partial charge < -0.3 is 10.2 Å². The van der Waals surface area contributed by atoms with E-state index in [-0.39, 0.29) is 11.1 Å². The summed E-state index contributed by atoms with van der Waals surface area (Å²) in [6.07, 6.45) is 0.837. The molecule has 1 unspecified atom stereocenters. The molecule has 0 aliphatic rings. The van der Waals surface area contributed by atoms with Crippen molar-refractivity contribution >= 4 is 53.1 Å². The molecule has 0 amide bonds. The molecule has 0 bridgehead atoms. The molecule has 21 heavy (non-hydrogen) atoms. The highest BCUT2D eigenvalue weighted by atomic mass is 79.9. The van der Waals surface area contributed by atoms with Crippen molar-refractivity contribution in [2.75, 3.05) is 11.1 Å². The minimum Gasteiger partial charge on any atom is -0.410 e. The summed E-state index contributed by atoms with van der Waals surface area (Å²) in [7, 11) is -1.87. The van der Waals surface area contributed by atoms with Crippen molar-refractivity contribution in [1.29, 1.82) is 0 Å². The highest BCUT2D eigenvalue weighted by molar-refractivity contribution is 9.09. The van der Waals surface area contributed by atoms with Crippen molar-refractivity contribution < 1.29 is 4.43 Å². The first kappa shape index (κ1) is 19.3. The van der Waals surface area contributed by atoms with Crippen molar-refractivity contribution in [3.63, 3.8) is 0 Å². The number of benzene rings is 1. The van der Waals surface area contributed by atoms with Crippen LogP contribution < -0.4 is 5.73 Å². The van der Waals surface area contributed by atoms with E-state index >= 15 is 0 Å². The Morgan fingerprint density at radius 1 is 1.24 bits per heavy atom. The Morgan fingerprint density at radius 3 is 2.10 bits per heavy atom. The van der Waals surface area contributed by atoms with E-state index in [1.165, 1.54) is 0 Å². The molecular formula is C15H24BrCl2NOSi. The number of anilines is 1. The maximum Gasteiger partial charge on any atom is 0.192 e. The van der Waals surface area contributed by atoms with Gasteiger partial charge in [-0.3, -0.25) is 0 Å². The lowest BCUT2D eigenvalue weighted by molar-refractivity contribution is 0.181. The molecule has 0 aliphatic carbocycles. The molecule has 0 aliphatic heterocycles. The van der Waals surface area contributed by atoms with Crippen LogP contribution in [0.5, 0.6) is 0 Å². The van der Waals surface area contributed by atoms with E-state index in [2.05, 4.69) is 49.8 Å². The average molecular weight is 413 g/mol. The first-order chi connectivity index (χ1) is 9.49. The van der Waals surface area contributed by atoms with E-state index in [0.29, 0.717) is 15.7 Å². The minimum atomic E-state index is -1.87. The lowest BCUT2D eigenvalue weighted by Gasteiger charge is -2.39. The Morgan fingerprint density at radius 2 is 1.71 bits per heavy atom. The van der Waals surface area contributed by atoms with Crippen molar-refractivity contribution in [3.8, 4) is 0 Å². The fourth-order valence-electron chi connectivity index (χ4n) is 1.71. The Kier molecular flexibility index (Phi) is 6.64. The van der Waals surface area contributed by atoms with E-state index < -0.39 is 8.32 Å². The molecule has 0 saturated carbocycles. The molecular weight excluding hydrogens is 389 g/mol. The van der Waals surface area contributed by atoms with Crippen molar-refractivity contribution in [1.82, 2.24) is 0 Å². The number of alkyl halides is 1. The van der Waals surface area contributed by atoms with Gasteiger partial charge in [0.1, 0.15) is 0 Å². The number of hydrogen-bond acceptors (Lipinski definition) is 2. The molecule has 2 nitrogen and oxygen atoms in total. The van der Waals surface area contributed by atoms with Crippen LogP contribution in [-0.2, 0) is 4.43 Å². The third-order valence-corrected chi connectivity index (χ3v) is 9.66. The summed E-state index contributed by atoms with van der Waals surface area (Å²) < 4.78 is 6.53. The molecule has 2 N–H and O–H groups in total. The van der Waals surface area contributed by atoms with E-state index in [1.54, 1.807) is 0 Å². The summed E-state index contributed by atoms with van der Waals surface area (Å²) in [5.41, 5.74) is 7.23. The lowest BCUT2D eigenvalue weighted by Crippen LogP contribution is -2.41. The smallest absolute Gasteiger partial charge is 0.192 e. The summed E-state index contributed by atoms with van der Waals surface area (Å²) in [5, 5.41) is 1.97. The second kappa shape index (κ2) is 7.22. The fourth-order valence-corrected chi connectivity index (χ4v) is 3.95. The van der Waals surface area contributed by atoms with Crippen LogP contribution >= 0.6 is 39.1 Å². The summed E-state index contributed by atoms with van der Waals surface area (Å²) in [6, 6.07) is 3.73. The molecule has 1 aromatic carbocycles. The molecule has 0 fully saturated rings. The van der Waals surface area contributed by atoms with Crippen LogP contribution in [0.25, 0.3) is 0 Å². The Balaban J connectivity index is 3.14. The predicted molar refractivity (Wildman–Crippen MR) is 100 cm³/mol. The van der Waals surface area contributed by atoms with Crippen molar-refractivity contribution in [3.05, 3.63) is 27.7 Å². The Hall–Kier alpha value is 0.257. The maximum atomic E-state index is 6.53.